The molecule has 2 fully saturated rings. The van der Waals surface area contributed by atoms with Crippen LogP contribution in [0.25, 0.3) is 0 Å². The smallest absolute Gasteiger partial charge is 0.340 e. The second kappa shape index (κ2) is 14.6. The number of anilines is 2. The molecule has 3 heterocycles. The molecular weight excluding hydrogens is 705 g/mol. The zero-order valence-corrected chi connectivity index (χ0v) is 31.5. The molecule has 0 N–H and O–H groups in total. The first kappa shape index (κ1) is 37.7. The maximum Gasteiger partial charge on any atom is 0.340 e. The molecule has 7 nitrogen and oxygen atoms in total. The van der Waals surface area contributed by atoms with E-state index in [4.69, 9.17) is 25.8 Å². The third-order valence-corrected chi connectivity index (χ3v) is 11.4. The van der Waals surface area contributed by atoms with Gasteiger partial charge in [-0.05, 0) is 73.7 Å². The molecule has 2 saturated heterocycles. The monoisotopic (exact) mass is 752 g/mol. The van der Waals surface area contributed by atoms with Crippen molar-refractivity contribution in [2.45, 2.75) is 81.9 Å². The SMILES string of the molecule is CC1(F)CN(c2ccc3c(c2)C(C)(C)c2cc(N4CC(F)(F)C4)ccc2C32OC(=O)c3ccc(C(=O)CCCOCCOCCCCCCCl)cc32)C1. The lowest BCUT2D eigenvalue weighted by molar-refractivity contribution is -0.0263. The van der Waals surface area contributed by atoms with Crippen molar-refractivity contribution in [3.05, 3.63) is 93.5 Å². The number of alkyl halides is 4. The van der Waals surface area contributed by atoms with Crippen molar-refractivity contribution < 1.29 is 37.0 Å². The largest absolute Gasteiger partial charge is 0.441 e. The molecule has 1 aliphatic carbocycles. The van der Waals surface area contributed by atoms with Gasteiger partial charge in [-0.2, -0.15) is 0 Å². The third kappa shape index (κ3) is 7.19. The average molecular weight is 753 g/mol. The van der Waals surface area contributed by atoms with Crippen molar-refractivity contribution in [3.63, 3.8) is 0 Å². The minimum atomic E-state index is -2.75. The zero-order valence-electron chi connectivity index (χ0n) is 30.8. The number of ketones is 1. The van der Waals surface area contributed by atoms with Crippen LogP contribution in [0.1, 0.15) is 108 Å². The summed E-state index contributed by atoms with van der Waals surface area (Å²) in [6.07, 6.45) is 5.03. The molecule has 11 heteroatoms. The van der Waals surface area contributed by atoms with E-state index in [2.05, 4.69) is 13.8 Å². The summed E-state index contributed by atoms with van der Waals surface area (Å²) in [7, 11) is 0. The van der Waals surface area contributed by atoms with E-state index in [1.165, 1.54) is 0 Å². The number of Topliss-reactive ketones (excluding diaryl/α,β-unsaturated/α-hetero) is 1. The summed E-state index contributed by atoms with van der Waals surface area (Å²) in [5.41, 5.74) is 2.81. The number of unbranched alkanes of at least 4 members (excludes halogenated alkanes) is 3. The summed E-state index contributed by atoms with van der Waals surface area (Å²) in [4.78, 5) is 30.9. The molecule has 0 saturated carbocycles. The van der Waals surface area contributed by atoms with E-state index in [0.29, 0.717) is 61.1 Å². The van der Waals surface area contributed by atoms with Gasteiger partial charge < -0.3 is 24.0 Å². The van der Waals surface area contributed by atoms with Crippen LogP contribution in [0.4, 0.5) is 24.5 Å². The molecule has 1 atom stereocenters. The Bertz CT molecular complexity index is 1790. The lowest BCUT2D eigenvalue weighted by Crippen LogP contribution is -2.57. The Kier molecular flexibility index (Phi) is 10.4. The molecule has 284 valence electrons. The van der Waals surface area contributed by atoms with Crippen LogP contribution in [0.5, 0.6) is 0 Å². The van der Waals surface area contributed by atoms with Crippen LogP contribution in [0.2, 0.25) is 0 Å². The van der Waals surface area contributed by atoms with Crippen LogP contribution in [0, 0.1) is 0 Å². The van der Waals surface area contributed by atoms with E-state index in [-0.39, 0.29) is 38.4 Å². The summed E-state index contributed by atoms with van der Waals surface area (Å²) in [6.45, 7) is 7.60. The Balaban J connectivity index is 1.15. The number of benzene rings is 3. The molecule has 1 spiro atoms. The first-order valence-corrected chi connectivity index (χ1v) is 19.3. The van der Waals surface area contributed by atoms with Gasteiger partial charge in [-0.3, -0.25) is 4.79 Å². The lowest BCUT2D eigenvalue weighted by atomic mass is 9.61. The number of hydrogen-bond acceptors (Lipinski definition) is 7. The minimum absolute atomic E-state index is 0.0767. The number of hydrogen-bond donors (Lipinski definition) is 0. The Morgan fingerprint density at radius 3 is 1.89 bits per heavy atom. The number of rotatable bonds is 16. The highest BCUT2D eigenvalue weighted by molar-refractivity contribution is 6.17. The zero-order chi connectivity index (χ0) is 37.6. The fraction of sp³-hybridized carbons (Fsp3) is 0.524. The predicted octanol–water partition coefficient (Wildman–Crippen LogP) is 8.59. The number of esters is 1. The normalized spacial score (nSPS) is 21.4. The Morgan fingerprint density at radius 1 is 0.717 bits per heavy atom. The molecule has 7 rings (SSSR count). The van der Waals surface area contributed by atoms with E-state index in [1.54, 1.807) is 30.0 Å². The standard InChI is InChI=1S/C42H48ClF3N2O5/c1-39(2)35-22-29(47-24-40(3,44)25-47)11-14-32(35)42(33-15-12-30(23-36(33)39)48-26-41(45,46)27-48)34-21-28(10-13-31(34)38(50)53-42)37(49)9-8-18-52-20-19-51-17-7-5-4-6-16-43/h10-15,21-23H,4-9,16-20,24-27H2,1-3H3. The Morgan fingerprint density at radius 2 is 1.30 bits per heavy atom. The van der Waals surface area contributed by atoms with Crippen LogP contribution in [-0.4, -0.2) is 81.8 Å². The molecule has 3 aromatic carbocycles. The van der Waals surface area contributed by atoms with Gasteiger partial charge in [0.25, 0.3) is 5.92 Å². The summed E-state index contributed by atoms with van der Waals surface area (Å²) >= 11 is 5.71. The summed E-state index contributed by atoms with van der Waals surface area (Å²) in [5, 5.41) is 0. The number of fused-ring (bicyclic) bond motifs is 6. The van der Waals surface area contributed by atoms with Gasteiger partial charge in [0.05, 0.1) is 45.0 Å². The summed E-state index contributed by atoms with van der Waals surface area (Å²) in [5.74, 6) is -2.64. The molecule has 53 heavy (non-hydrogen) atoms. The van der Waals surface area contributed by atoms with Crippen LogP contribution < -0.4 is 9.80 Å². The molecular formula is C42H48ClF3N2O5. The molecule has 3 aliphatic heterocycles. The molecule has 0 radical (unpaired) electrons. The van der Waals surface area contributed by atoms with Gasteiger partial charge in [0.15, 0.2) is 11.4 Å². The van der Waals surface area contributed by atoms with Gasteiger partial charge in [-0.15, -0.1) is 11.6 Å². The van der Waals surface area contributed by atoms with Gasteiger partial charge in [-0.25, -0.2) is 18.0 Å². The Hall–Kier alpha value is -3.60. The van der Waals surface area contributed by atoms with Gasteiger partial charge in [0, 0.05) is 64.6 Å². The first-order valence-electron chi connectivity index (χ1n) is 18.7. The third-order valence-electron chi connectivity index (χ3n) is 11.2. The maximum absolute atomic E-state index is 14.6. The topological polar surface area (TPSA) is 68.3 Å². The summed E-state index contributed by atoms with van der Waals surface area (Å²) in [6, 6.07) is 16.6. The molecule has 0 aromatic heterocycles. The van der Waals surface area contributed by atoms with E-state index in [1.807, 2.05) is 41.3 Å². The van der Waals surface area contributed by atoms with Crippen LogP contribution >= 0.6 is 11.6 Å². The fourth-order valence-electron chi connectivity index (χ4n) is 8.31. The number of halogens is 4. The Labute approximate surface area is 314 Å². The van der Waals surface area contributed by atoms with Gasteiger partial charge in [0.1, 0.15) is 5.67 Å². The van der Waals surface area contributed by atoms with Crippen LogP contribution in [0.15, 0.2) is 54.6 Å². The highest BCUT2D eigenvalue weighted by atomic mass is 35.5. The van der Waals surface area contributed by atoms with Crippen molar-refractivity contribution in [2.75, 3.05) is 68.3 Å². The number of carbonyl (C=O) groups is 2. The van der Waals surface area contributed by atoms with Crippen molar-refractivity contribution in [2.24, 2.45) is 0 Å². The average Bonchev–Trinajstić information content (AvgIpc) is 3.40. The minimum Gasteiger partial charge on any atom is -0.441 e. The second-order valence-electron chi connectivity index (χ2n) is 15.8. The van der Waals surface area contributed by atoms with E-state index in [9.17, 15) is 22.8 Å². The quantitative estimate of drug-likeness (QED) is 0.0629. The van der Waals surface area contributed by atoms with Crippen LogP contribution in [-0.2, 0) is 25.2 Å². The van der Waals surface area contributed by atoms with Gasteiger partial charge in [-0.1, -0.05) is 44.9 Å². The van der Waals surface area contributed by atoms with E-state index >= 15 is 0 Å². The molecule has 0 bridgehead atoms. The second-order valence-corrected chi connectivity index (χ2v) is 16.1. The molecule has 0 amide bonds. The van der Waals surface area contributed by atoms with E-state index < -0.39 is 28.6 Å². The predicted molar refractivity (Wildman–Crippen MR) is 200 cm³/mol. The number of ether oxygens (including phenoxy) is 3. The number of nitrogens with zero attached hydrogens (tertiary/aromatic N) is 2. The first-order chi connectivity index (χ1) is 25.3. The number of carbonyl (C=O) groups excluding carboxylic acids is 2. The van der Waals surface area contributed by atoms with Crippen molar-refractivity contribution in [3.8, 4) is 0 Å². The van der Waals surface area contributed by atoms with Gasteiger partial charge >= 0.3 is 5.97 Å². The molecule has 3 aromatic rings. The van der Waals surface area contributed by atoms with Crippen molar-refractivity contribution in [1.29, 1.82) is 0 Å². The molecule has 1 unspecified atom stereocenters. The van der Waals surface area contributed by atoms with E-state index in [0.717, 1.165) is 53.6 Å². The maximum atomic E-state index is 14.6. The van der Waals surface area contributed by atoms with Crippen LogP contribution in [0.3, 0.4) is 0 Å². The highest BCUT2D eigenvalue weighted by Crippen LogP contribution is 2.58. The van der Waals surface area contributed by atoms with Gasteiger partial charge in [0.2, 0.25) is 0 Å². The summed E-state index contributed by atoms with van der Waals surface area (Å²) < 4.78 is 60.4. The van der Waals surface area contributed by atoms with Crippen molar-refractivity contribution in [1.82, 2.24) is 0 Å². The molecule has 4 aliphatic rings. The highest BCUT2D eigenvalue weighted by Gasteiger charge is 2.56. The fourth-order valence-corrected chi connectivity index (χ4v) is 8.50. The lowest BCUT2D eigenvalue weighted by Gasteiger charge is -2.48. The van der Waals surface area contributed by atoms with Crippen molar-refractivity contribution >= 4 is 34.7 Å².